The van der Waals surface area contributed by atoms with Crippen LogP contribution in [0.2, 0.25) is 0 Å². The molecule has 1 N–H and O–H groups in total. The number of H-pyrrole nitrogens is 1. The first-order chi connectivity index (χ1) is 16.8. The van der Waals surface area contributed by atoms with E-state index in [0.29, 0.717) is 17.4 Å². The van der Waals surface area contributed by atoms with Crippen LogP contribution < -0.4 is 4.74 Å². The van der Waals surface area contributed by atoms with Crippen LogP contribution in [0, 0.1) is 5.41 Å². The van der Waals surface area contributed by atoms with Crippen LogP contribution in [0.4, 0.5) is 0 Å². The average molecular weight is 475 g/mol. The molecule has 8 nitrogen and oxygen atoms in total. The molecule has 0 amide bonds. The van der Waals surface area contributed by atoms with Crippen molar-refractivity contribution in [1.82, 2.24) is 29.7 Å². The van der Waals surface area contributed by atoms with Crippen molar-refractivity contribution < 1.29 is 9.47 Å². The Labute approximate surface area is 206 Å². The summed E-state index contributed by atoms with van der Waals surface area (Å²) in [6.45, 7) is 11.7. The lowest BCUT2D eigenvalue weighted by molar-refractivity contribution is -0.115. The van der Waals surface area contributed by atoms with Gasteiger partial charge in [-0.05, 0) is 37.1 Å². The lowest BCUT2D eigenvalue weighted by Crippen LogP contribution is -2.48. The third-order valence-corrected chi connectivity index (χ3v) is 7.09. The molecule has 1 fully saturated rings. The molecule has 3 aromatic heterocycles. The lowest BCUT2D eigenvalue weighted by atomic mass is 9.87. The zero-order valence-electron chi connectivity index (χ0n) is 21.4. The highest BCUT2D eigenvalue weighted by molar-refractivity contribution is 5.76. The highest BCUT2D eigenvalue weighted by atomic mass is 16.5. The molecule has 1 aromatic carbocycles. The van der Waals surface area contributed by atoms with Gasteiger partial charge in [0.25, 0.3) is 0 Å². The van der Waals surface area contributed by atoms with Crippen molar-refractivity contribution in [3.05, 3.63) is 54.0 Å². The number of rotatable bonds is 8. The van der Waals surface area contributed by atoms with Crippen LogP contribution in [0.25, 0.3) is 28.2 Å². The number of fused-ring (bicyclic) bond motifs is 1. The molecule has 1 saturated heterocycles. The standard InChI is InChI=1S/C27H34N6O2/c1-17(2)23-24(30-31-25(23)21-11-22(34-6)26-28-16-29-33(26)12-21)20-9-7-19(8-10-20)18(3)32(5)13-27(4)14-35-15-27/h7-12,16-18H,13-15H2,1-6H3,(H,30,31)/t18-/m0/s1. The van der Waals surface area contributed by atoms with Crippen LogP contribution in [0.1, 0.15) is 50.8 Å². The number of methoxy groups -OCH3 is 1. The molecule has 184 valence electrons. The predicted molar refractivity (Wildman–Crippen MR) is 137 cm³/mol. The van der Waals surface area contributed by atoms with Gasteiger partial charge in [0, 0.05) is 35.3 Å². The number of hydrogen-bond donors (Lipinski definition) is 1. The molecule has 35 heavy (non-hydrogen) atoms. The Kier molecular flexibility index (Phi) is 6.11. The second kappa shape index (κ2) is 9.09. The number of ether oxygens (including phenoxy) is 2. The first-order valence-electron chi connectivity index (χ1n) is 12.1. The van der Waals surface area contributed by atoms with Crippen molar-refractivity contribution in [2.45, 2.75) is 39.7 Å². The number of aromatic nitrogens is 5. The van der Waals surface area contributed by atoms with Gasteiger partial charge in [0.15, 0.2) is 11.4 Å². The summed E-state index contributed by atoms with van der Waals surface area (Å²) < 4.78 is 12.7. The van der Waals surface area contributed by atoms with Crippen LogP contribution in [0.5, 0.6) is 5.75 Å². The van der Waals surface area contributed by atoms with Gasteiger partial charge in [-0.1, -0.05) is 45.0 Å². The molecule has 0 saturated carbocycles. The topological polar surface area (TPSA) is 80.6 Å². The Hall–Kier alpha value is -3.23. The molecule has 0 radical (unpaired) electrons. The lowest BCUT2D eigenvalue weighted by Gasteiger charge is -2.42. The normalized spacial score (nSPS) is 16.1. The van der Waals surface area contributed by atoms with E-state index in [0.717, 1.165) is 42.3 Å². The van der Waals surface area contributed by atoms with E-state index in [1.54, 1.807) is 11.6 Å². The number of pyridine rings is 1. The third kappa shape index (κ3) is 4.32. The monoisotopic (exact) mass is 474 g/mol. The summed E-state index contributed by atoms with van der Waals surface area (Å²) in [7, 11) is 3.84. The van der Waals surface area contributed by atoms with E-state index in [-0.39, 0.29) is 11.3 Å². The highest BCUT2D eigenvalue weighted by Gasteiger charge is 2.35. The SMILES string of the molecule is COc1cc(-c2n[nH]c(-c3ccc([C@H](C)N(C)CC4(C)COC4)cc3)c2C(C)C)cn2ncnc12. The summed E-state index contributed by atoms with van der Waals surface area (Å²) in [6, 6.07) is 11.1. The Balaban J connectivity index is 1.45. The Morgan fingerprint density at radius 3 is 2.54 bits per heavy atom. The van der Waals surface area contributed by atoms with Crippen molar-refractivity contribution in [3.63, 3.8) is 0 Å². The highest BCUT2D eigenvalue weighted by Crippen LogP contribution is 2.37. The third-order valence-electron chi connectivity index (χ3n) is 7.09. The quantitative estimate of drug-likeness (QED) is 0.389. The zero-order valence-corrected chi connectivity index (χ0v) is 21.4. The molecule has 0 aliphatic carbocycles. The summed E-state index contributed by atoms with van der Waals surface area (Å²) in [4.78, 5) is 6.70. The van der Waals surface area contributed by atoms with Gasteiger partial charge < -0.3 is 9.47 Å². The number of aromatic amines is 1. The number of hydrogen-bond acceptors (Lipinski definition) is 6. The largest absolute Gasteiger partial charge is 0.493 e. The Bertz CT molecular complexity index is 1320. The van der Waals surface area contributed by atoms with E-state index in [1.807, 2.05) is 12.3 Å². The molecule has 4 aromatic rings. The molecule has 4 heterocycles. The van der Waals surface area contributed by atoms with Gasteiger partial charge in [-0.2, -0.15) is 10.2 Å². The molecular formula is C27H34N6O2. The minimum Gasteiger partial charge on any atom is -0.493 e. The summed E-state index contributed by atoms with van der Waals surface area (Å²) in [5.74, 6) is 0.940. The molecule has 1 aliphatic heterocycles. The van der Waals surface area contributed by atoms with Gasteiger partial charge in [0.05, 0.1) is 31.7 Å². The van der Waals surface area contributed by atoms with Crippen LogP contribution in [0.3, 0.4) is 0 Å². The fourth-order valence-electron chi connectivity index (χ4n) is 4.99. The van der Waals surface area contributed by atoms with Crippen molar-refractivity contribution in [1.29, 1.82) is 0 Å². The molecule has 0 bridgehead atoms. The summed E-state index contributed by atoms with van der Waals surface area (Å²) in [5, 5.41) is 12.3. The Morgan fingerprint density at radius 1 is 1.17 bits per heavy atom. The molecule has 1 aliphatic rings. The first-order valence-corrected chi connectivity index (χ1v) is 12.1. The van der Waals surface area contributed by atoms with Gasteiger partial charge in [-0.15, -0.1) is 0 Å². The van der Waals surface area contributed by atoms with Crippen LogP contribution >= 0.6 is 0 Å². The average Bonchev–Trinajstić information content (AvgIpc) is 3.49. The molecule has 1 atom stereocenters. The fraction of sp³-hybridized carbons (Fsp3) is 0.444. The minimum absolute atomic E-state index is 0.263. The molecule has 0 spiro atoms. The van der Waals surface area contributed by atoms with Gasteiger partial charge in [-0.3, -0.25) is 10.00 Å². The Morgan fingerprint density at radius 2 is 1.91 bits per heavy atom. The number of benzene rings is 1. The summed E-state index contributed by atoms with van der Waals surface area (Å²) in [5.41, 5.74) is 7.42. The second-order valence-electron chi connectivity index (χ2n) is 10.4. The molecule has 5 rings (SSSR count). The van der Waals surface area contributed by atoms with Gasteiger partial charge in [0.2, 0.25) is 0 Å². The maximum atomic E-state index is 5.56. The van der Waals surface area contributed by atoms with E-state index in [4.69, 9.17) is 14.6 Å². The van der Waals surface area contributed by atoms with Gasteiger partial charge in [0.1, 0.15) is 6.33 Å². The van der Waals surface area contributed by atoms with E-state index in [9.17, 15) is 0 Å². The van der Waals surface area contributed by atoms with Crippen LogP contribution in [-0.4, -0.2) is 63.6 Å². The van der Waals surface area contributed by atoms with Crippen molar-refractivity contribution in [2.75, 3.05) is 33.9 Å². The summed E-state index contributed by atoms with van der Waals surface area (Å²) >= 11 is 0. The first kappa shape index (κ1) is 23.5. The second-order valence-corrected chi connectivity index (χ2v) is 10.4. The van der Waals surface area contributed by atoms with E-state index in [1.165, 1.54) is 17.5 Å². The predicted octanol–water partition coefficient (Wildman–Crippen LogP) is 4.95. The van der Waals surface area contributed by atoms with E-state index in [2.05, 4.69) is 79.1 Å². The van der Waals surface area contributed by atoms with Gasteiger partial charge >= 0.3 is 0 Å². The smallest absolute Gasteiger partial charge is 0.197 e. The van der Waals surface area contributed by atoms with Gasteiger partial charge in [-0.25, -0.2) is 9.50 Å². The van der Waals surface area contributed by atoms with Crippen LogP contribution in [-0.2, 0) is 4.74 Å². The molecule has 0 unspecified atom stereocenters. The molecule has 8 heteroatoms. The van der Waals surface area contributed by atoms with E-state index >= 15 is 0 Å². The van der Waals surface area contributed by atoms with Crippen molar-refractivity contribution >= 4 is 5.65 Å². The zero-order chi connectivity index (χ0) is 24.7. The maximum Gasteiger partial charge on any atom is 0.197 e. The maximum absolute atomic E-state index is 5.56. The van der Waals surface area contributed by atoms with E-state index < -0.39 is 0 Å². The number of nitrogens with zero attached hydrogens (tertiary/aromatic N) is 5. The van der Waals surface area contributed by atoms with Crippen molar-refractivity contribution in [3.8, 4) is 28.3 Å². The van der Waals surface area contributed by atoms with Crippen molar-refractivity contribution in [2.24, 2.45) is 5.41 Å². The minimum atomic E-state index is 0.263. The fourth-order valence-corrected chi connectivity index (χ4v) is 4.99. The summed E-state index contributed by atoms with van der Waals surface area (Å²) in [6.07, 6.45) is 3.48. The van der Waals surface area contributed by atoms with Crippen LogP contribution in [0.15, 0.2) is 42.9 Å². The number of nitrogens with one attached hydrogen (secondary N) is 1. The molecular weight excluding hydrogens is 440 g/mol.